The molecule has 0 radical (unpaired) electrons. The zero-order valence-corrected chi connectivity index (χ0v) is 5.85. The fraction of sp³-hybridized carbons (Fsp3) is 0.857. The SMILES string of the molecule is CC(N=C=O)C1(C)CC1. The van der Waals surface area contributed by atoms with E-state index in [1.165, 1.54) is 12.8 Å². The van der Waals surface area contributed by atoms with Crippen LogP contribution in [0.25, 0.3) is 0 Å². The van der Waals surface area contributed by atoms with Crippen molar-refractivity contribution in [3.63, 3.8) is 0 Å². The average molecular weight is 125 g/mol. The van der Waals surface area contributed by atoms with Gasteiger partial charge in [0.1, 0.15) is 0 Å². The van der Waals surface area contributed by atoms with Gasteiger partial charge >= 0.3 is 0 Å². The molecule has 0 aromatic rings. The summed E-state index contributed by atoms with van der Waals surface area (Å²) in [4.78, 5) is 13.5. The van der Waals surface area contributed by atoms with Crippen LogP contribution in [0.2, 0.25) is 0 Å². The van der Waals surface area contributed by atoms with Crippen LogP contribution in [0.5, 0.6) is 0 Å². The summed E-state index contributed by atoms with van der Waals surface area (Å²) in [7, 11) is 0. The van der Waals surface area contributed by atoms with Crippen molar-refractivity contribution in [2.24, 2.45) is 10.4 Å². The Morgan fingerprint density at radius 2 is 2.22 bits per heavy atom. The van der Waals surface area contributed by atoms with Crippen molar-refractivity contribution >= 4 is 6.08 Å². The third kappa shape index (κ3) is 1.19. The first-order valence-electron chi connectivity index (χ1n) is 3.26. The number of rotatable bonds is 2. The van der Waals surface area contributed by atoms with Crippen LogP contribution in [0.15, 0.2) is 4.99 Å². The van der Waals surface area contributed by atoms with Crippen molar-refractivity contribution in [1.29, 1.82) is 0 Å². The quantitative estimate of drug-likeness (QED) is 0.406. The summed E-state index contributed by atoms with van der Waals surface area (Å²) in [5.74, 6) is 0. The van der Waals surface area contributed by atoms with Crippen LogP contribution in [0.4, 0.5) is 0 Å². The Bertz CT molecular complexity index is 154. The van der Waals surface area contributed by atoms with Gasteiger partial charge in [-0.05, 0) is 25.2 Å². The lowest BCUT2D eigenvalue weighted by Crippen LogP contribution is -2.11. The van der Waals surface area contributed by atoms with E-state index in [0.717, 1.165) is 0 Å². The van der Waals surface area contributed by atoms with E-state index in [0.29, 0.717) is 5.41 Å². The molecule has 0 bridgehead atoms. The summed E-state index contributed by atoms with van der Waals surface area (Å²) in [6.07, 6.45) is 4.00. The number of carbonyl (C=O) groups excluding carboxylic acids is 1. The summed E-state index contributed by atoms with van der Waals surface area (Å²) in [6.45, 7) is 4.12. The van der Waals surface area contributed by atoms with Crippen LogP contribution in [0.1, 0.15) is 26.7 Å². The first-order chi connectivity index (χ1) is 4.19. The standard InChI is InChI=1S/C7H11NO/c1-6(8-5-9)7(2)3-4-7/h6H,3-4H2,1-2H3. The highest BCUT2D eigenvalue weighted by molar-refractivity contribution is 5.34. The van der Waals surface area contributed by atoms with Gasteiger partial charge in [-0.3, -0.25) is 0 Å². The van der Waals surface area contributed by atoms with Crippen molar-refractivity contribution in [2.45, 2.75) is 32.7 Å². The van der Waals surface area contributed by atoms with E-state index < -0.39 is 0 Å². The first kappa shape index (κ1) is 6.50. The van der Waals surface area contributed by atoms with Gasteiger partial charge in [0.25, 0.3) is 0 Å². The Balaban J connectivity index is 2.51. The molecule has 1 aliphatic carbocycles. The summed E-state index contributed by atoms with van der Waals surface area (Å²) in [5, 5.41) is 0. The molecule has 0 saturated heterocycles. The molecule has 1 fully saturated rings. The minimum Gasteiger partial charge on any atom is -0.211 e. The molecule has 1 rings (SSSR count). The van der Waals surface area contributed by atoms with Crippen LogP contribution in [0.3, 0.4) is 0 Å². The van der Waals surface area contributed by atoms with Crippen LogP contribution >= 0.6 is 0 Å². The molecule has 1 aliphatic rings. The minimum atomic E-state index is 0.176. The fourth-order valence-electron chi connectivity index (χ4n) is 0.850. The second-order valence-corrected chi connectivity index (χ2v) is 3.05. The molecule has 0 aromatic carbocycles. The van der Waals surface area contributed by atoms with Gasteiger partial charge in [0, 0.05) is 0 Å². The summed E-state index contributed by atoms with van der Waals surface area (Å²) >= 11 is 0. The van der Waals surface area contributed by atoms with E-state index in [4.69, 9.17) is 0 Å². The molecule has 9 heavy (non-hydrogen) atoms. The summed E-state index contributed by atoms with van der Waals surface area (Å²) < 4.78 is 0. The Hall–Kier alpha value is -0.620. The van der Waals surface area contributed by atoms with Gasteiger partial charge in [0.15, 0.2) is 0 Å². The molecule has 0 N–H and O–H groups in total. The van der Waals surface area contributed by atoms with Crippen molar-refractivity contribution in [1.82, 2.24) is 0 Å². The third-order valence-corrected chi connectivity index (χ3v) is 2.29. The van der Waals surface area contributed by atoms with E-state index in [1.807, 2.05) is 6.92 Å². The van der Waals surface area contributed by atoms with Gasteiger partial charge in [-0.1, -0.05) is 6.92 Å². The fourth-order valence-corrected chi connectivity index (χ4v) is 0.850. The van der Waals surface area contributed by atoms with E-state index in [-0.39, 0.29) is 6.04 Å². The topological polar surface area (TPSA) is 29.4 Å². The molecule has 0 aromatic heterocycles. The predicted octanol–water partition coefficient (Wildman–Crippen LogP) is 1.51. The van der Waals surface area contributed by atoms with Gasteiger partial charge in [0.2, 0.25) is 6.08 Å². The average Bonchev–Trinajstić information content (AvgIpc) is 2.50. The largest absolute Gasteiger partial charge is 0.235 e. The van der Waals surface area contributed by atoms with Crippen LogP contribution in [0, 0.1) is 5.41 Å². The molecule has 0 amide bonds. The highest BCUT2D eigenvalue weighted by atomic mass is 16.1. The maximum absolute atomic E-state index is 9.80. The predicted molar refractivity (Wildman–Crippen MR) is 34.9 cm³/mol. The van der Waals surface area contributed by atoms with Crippen molar-refractivity contribution in [3.8, 4) is 0 Å². The molecule has 0 heterocycles. The first-order valence-corrected chi connectivity index (χ1v) is 3.26. The molecule has 0 aliphatic heterocycles. The Kier molecular flexibility index (Phi) is 1.42. The van der Waals surface area contributed by atoms with Gasteiger partial charge in [-0.2, -0.15) is 0 Å². The second-order valence-electron chi connectivity index (χ2n) is 3.05. The van der Waals surface area contributed by atoms with Crippen LogP contribution in [-0.2, 0) is 4.79 Å². The summed E-state index contributed by atoms with van der Waals surface area (Å²) in [5.41, 5.74) is 0.331. The lowest BCUT2D eigenvalue weighted by atomic mass is 10.0. The van der Waals surface area contributed by atoms with Crippen LogP contribution < -0.4 is 0 Å². The maximum Gasteiger partial charge on any atom is 0.235 e. The Morgan fingerprint density at radius 1 is 1.67 bits per heavy atom. The smallest absolute Gasteiger partial charge is 0.211 e. The number of aliphatic imine (C=N–C) groups is 1. The number of nitrogens with zero attached hydrogens (tertiary/aromatic N) is 1. The van der Waals surface area contributed by atoms with Crippen molar-refractivity contribution in [3.05, 3.63) is 0 Å². The Labute approximate surface area is 55.0 Å². The molecule has 2 heteroatoms. The Morgan fingerprint density at radius 3 is 2.56 bits per heavy atom. The van der Waals surface area contributed by atoms with Crippen molar-refractivity contribution in [2.75, 3.05) is 0 Å². The molecule has 50 valence electrons. The lowest BCUT2D eigenvalue weighted by molar-refractivity contribution is 0.461. The van der Waals surface area contributed by atoms with Gasteiger partial charge in [-0.25, -0.2) is 9.79 Å². The molecule has 2 nitrogen and oxygen atoms in total. The zero-order chi connectivity index (χ0) is 6.91. The van der Waals surface area contributed by atoms with E-state index in [2.05, 4.69) is 11.9 Å². The lowest BCUT2D eigenvalue weighted by Gasteiger charge is -2.09. The molecule has 1 atom stereocenters. The number of hydrogen-bond acceptors (Lipinski definition) is 2. The molecular weight excluding hydrogens is 114 g/mol. The van der Waals surface area contributed by atoms with E-state index in [9.17, 15) is 4.79 Å². The summed E-state index contributed by atoms with van der Waals surface area (Å²) in [6, 6.07) is 0.176. The molecule has 1 saturated carbocycles. The normalized spacial score (nSPS) is 24.2. The van der Waals surface area contributed by atoms with Crippen LogP contribution in [-0.4, -0.2) is 12.1 Å². The van der Waals surface area contributed by atoms with Gasteiger partial charge in [0.05, 0.1) is 6.04 Å². The second kappa shape index (κ2) is 1.96. The van der Waals surface area contributed by atoms with Gasteiger partial charge in [-0.15, -0.1) is 0 Å². The minimum absolute atomic E-state index is 0.176. The van der Waals surface area contributed by atoms with Crippen molar-refractivity contribution < 1.29 is 4.79 Å². The highest BCUT2D eigenvalue weighted by Crippen LogP contribution is 2.49. The zero-order valence-electron chi connectivity index (χ0n) is 5.85. The molecular formula is C7H11NO. The number of hydrogen-bond donors (Lipinski definition) is 0. The van der Waals surface area contributed by atoms with Gasteiger partial charge < -0.3 is 0 Å². The van der Waals surface area contributed by atoms with E-state index >= 15 is 0 Å². The molecule has 0 spiro atoms. The maximum atomic E-state index is 9.80. The highest BCUT2D eigenvalue weighted by Gasteiger charge is 2.42. The molecule has 1 unspecified atom stereocenters. The van der Waals surface area contributed by atoms with E-state index in [1.54, 1.807) is 6.08 Å². The monoisotopic (exact) mass is 125 g/mol. The number of isocyanates is 1. The third-order valence-electron chi connectivity index (χ3n) is 2.29.